The predicted molar refractivity (Wildman–Crippen MR) is 59.6 cm³/mol. The van der Waals surface area contributed by atoms with E-state index in [-0.39, 0.29) is 16.9 Å². The largest absolute Gasteiger partial charge is 0.440 e. The summed E-state index contributed by atoms with van der Waals surface area (Å²) in [7, 11) is 0. The number of furan rings is 1. The molecule has 84 valence electrons. The number of H-pyrrole nitrogens is 1. The van der Waals surface area contributed by atoms with E-state index in [1.54, 1.807) is 6.07 Å². The van der Waals surface area contributed by atoms with E-state index in [1.807, 2.05) is 6.92 Å². The zero-order valence-corrected chi connectivity index (χ0v) is 9.34. The molecule has 6 heteroatoms. The van der Waals surface area contributed by atoms with Crippen LogP contribution in [0, 0.1) is 0 Å². The van der Waals surface area contributed by atoms with E-state index in [9.17, 15) is 4.79 Å². The van der Waals surface area contributed by atoms with Crippen LogP contribution in [0.1, 0.15) is 23.2 Å². The van der Waals surface area contributed by atoms with E-state index in [1.165, 1.54) is 12.1 Å². The van der Waals surface area contributed by atoms with Gasteiger partial charge >= 0.3 is 0 Å². The highest BCUT2D eigenvalue weighted by molar-refractivity contribution is 6.29. The van der Waals surface area contributed by atoms with Crippen LogP contribution in [0.3, 0.4) is 0 Å². The molecule has 16 heavy (non-hydrogen) atoms. The van der Waals surface area contributed by atoms with Crippen molar-refractivity contribution >= 4 is 23.3 Å². The zero-order chi connectivity index (χ0) is 11.5. The number of anilines is 1. The number of aromatic nitrogens is 2. The molecule has 2 aromatic heterocycles. The number of hydrogen-bond acceptors (Lipinski definition) is 3. The van der Waals surface area contributed by atoms with Gasteiger partial charge in [0.25, 0.3) is 5.91 Å². The third-order valence-electron chi connectivity index (χ3n) is 2.05. The van der Waals surface area contributed by atoms with Gasteiger partial charge in [-0.2, -0.15) is 5.10 Å². The van der Waals surface area contributed by atoms with Gasteiger partial charge < -0.3 is 9.73 Å². The summed E-state index contributed by atoms with van der Waals surface area (Å²) in [4.78, 5) is 11.6. The summed E-state index contributed by atoms with van der Waals surface area (Å²) < 4.78 is 4.97. The minimum Gasteiger partial charge on any atom is -0.440 e. The van der Waals surface area contributed by atoms with Crippen molar-refractivity contribution in [3.05, 3.63) is 34.9 Å². The molecule has 2 aromatic rings. The van der Waals surface area contributed by atoms with Crippen molar-refractivity contribution in [2.24, 2.45) is 0 Å². The summed E-state index contributed by atoms with van der Waals surface area (Å²) in [5.74, 6) is 0.251. The van der Waals surface area contributed by atoms with Gasteiger partial charge in [0.05, 0.1) is 0 Å². The minimum atomic E-state index is -0.374. The first-order valence-electron chi connectivity index (χ1n) is 4.80. The highest BCUT2D eigenvalue weighted by Gasteiger charge is 2.12. The lowest BCUT2D eigenvalue weighted by Crippen LogP contribution is -2.10. The summed E-state index contributed by atoms with van der Waals surface area (Å²) in [6, 6.07) is 4.78. The quantitative estimate of drug-likeness (QED) is 0.864. The SMILES string of the molecule is CCc1cc(NC(=O)c2ccc(Cl)o2)n[nH]1. The van der Waals surface area contributed by atoms with E-state index < -0.39 is 0 Å². The first kappa shape index (κ1) is 10.8. The number of hydrogen-bond donors (Lipinski definition) is 2. The number of aryl methyl sites for hydroxylation is 1. The summed E-state index contributed by atoms with van der Waals surface area (Å²) in [5.41, 5.74) is 0.952. The predicted octanol–water partition coefficient (Wildman–Crippen LogP) is 2.47. The van der Waals surface area contributed by atoms with Crippen LogP contribution in [0.15, 0.2) is 22.6 Å². The number of nitrogens with zero attached hydrogens (tertiary/aromatic N) is 1. The smallest absolute Gasteiger partial charge is 0.292 e. The molecule has 0 radical (unpaired) electrons. The van der Waals surface area contributed by atoms with Gasteiger partial charge in [-0.15, -0.1) is 0 Å². The summed E-state index contributed by atoms with van der Waals surface area (Å²) in [6.07, 6.45) is 0.829. The molecule has 0 aliphatic carbocycles. The highest BCUT2D eigenvalue weighted by atomic mass is 35.5. The maximum absolute atomic E-state index is 11.6. The maximum atomic E-state index is 11.6. The van der Waals surface area contributed by atoms with Crippen molar-refractivity contribution < 1.29 is 9.21 Å². The van der Waals surface area contributed by atoms with Crippen LogP contribution in [-0.2, 0) is 6.42 Å². The third-order valence-corrected chi connectivity index (χ3v) is 2.25. The summed E-state index contributed by atoms with van der Waals surface area (Å²) >= 11 is 5.57. The highest BCUT2D eigenvalue weighted by Crippen LogP contribution is 2.14. The van der Waals surface area contributed by atoms with Gasteiger partial charge in [0.2, 0.25) is 0 Å². The monoisotopic (exact) mass is 239 g/mol. The van der Waals surface area contributed by atoms with Gasteiger partial charge in [-0.3, -0.25) is 9.89 Å². The molecule has 0 aliphatic heterocycles. The number of halogens is 1. The van der Waals surface area contributed by atoms with Gasteiger partial charge in [-0.25, -0.2) is 0 Å². The molecule has 1 amide bonds. The van der Waals surface area contributed by atoms with Crippen molar-refractivity contribution in [1.29, 1.82) is 0 Å². The number of amides is 1. The molecule has 0 bridgehead atoms. The van der Waals surface area contributed by atoms with Crippen molar-refractivity contribution in [3.63, 3.8) is 0 Å². The fraction of sp³-hybridized carbons (Fsp3) is 0.200. The van der Waals surface area contributed by atoms with Crippen LogP contribution in [0.4, 0.5) is 5.82 Å². The fourth-order valence-electron chi connectivity index (χ4n) is 1.22. The number of aromatic amines is 1. The molecule has 2 rings (SSSR count). The van der Waals surface area contributed by atoms with E-state index in [2.05, 4.69) is 15.5 Å². The van der Waals surface area contributed by atoms with Crippen molar-refractivity contribution in [1.82, 2.24) is 10.2 Å². The fourth-order valence-corrected chi connectivity index (χ4v) is 1.37. The van der Waals surface area contributed by atoms with E-state index in [4.69, 9.17) is 16.0 Å². The molecule has 0 atom stereocenters. The Kier molecular flexibility index (Phi) is 2.96. The van der Waals surface area contributed by atoms with Crippen LogP contribution in [0.2, 0.25) is 5.22 Å². The number of rotatable bonds is 3. The first-order chi connectivity index (χ1) is 7.69. The lowest BCUT2D eigenvalue weighted by atomic mass is 10.3. The second kappa shape index (κ2) is 4.40. The Hall–Kier alpha value is -1.75. The van der Waals surface area contributed by atoms with E-state index >= 15 is 0 Å². The number of carbonyl (C=O) groups is 1. The molecule has 0 saturated heterocycles. The van der Waals surface area contributed by atoms with E-state index in [0.717, 1.165) is 12.1 Å². The van der Waals surface area contributed by atoms with Gasteiger partial charge in [-0.05, 0) is 30.2 Å². The van der Waals surface area contributed by atoms with Gasteiger partial charge in [-0.1, -0.05) is 6.92 Å². The van der Waals surface area contributed by atoms with E-state index in [0.29, 0.717) is 5.82 Å². The second-order valence-electron chi connectivity index (χ2n) is 3.19. The molecule has 0 unspecified atom stereocenters. The maximum Gasteiger partial charge on any atom is 0.292 e. The van der Waals surface area contributed by atoms with Crippen LogP contribution < -0.4 is 5.32 Å². The summed E-state index contributed by atoms with van der Waals surface area (Å²) in [5, 5.41) is 9.50. The Morgan fingerprint density at radius 1 is 1.62 bits per heavy atom. The molecule has 0 aliphatic rings. The molecule has 0 aromatic carbocycles. The molecular weight excluding hydrogens is 230 g/mol. The molecule has 0 fully saturated rings. The Balaban J connectivity index is 2.07. The normalized spacial score (nSPS) is 10.4. The number of nitrogens with one attached hydrogen (secondary N) is 2. The van der Waals surface area contributed by atoms with Gasteiger partial charge in [0.1, 0.15) is 0 Å². The molecule has 0 saturated carbocycles. The third kappa shape index (κ3) is 2.25. The van der Waals surface area contributed by atoms with Crippen molar-refractivity contribution in [2.75, 3.05) is 5.32 Å². The molecule has 0 spiro atoms. The Labute approximate surface area is 96.8 Å². The average molecular weight is 240 g/mol. The zero-order valence-electron chi connectivity index (χ0n) is 8.58. The summed E-state index contributed by atoms with van der Waals surface area (Å²) in [6.45, 7) is 1.99. The Bertz CT molecular complexity index is 504. The van der Waals surface area contributed by atoms with Gasteiger partial charge in [0, 0.05) is 11.8 Å². The number of carbonyl (C=O) groups excluding carboxylic acids is 1. The van der Waals surface area contributed by atoms with Gasteiger partial charge in [0.15, 0.2) is 16.8 Å². The average Bonchev–Trinajstić information content (AvgIpc) is 2.87. The van der Waals surface area contributed by atoms with Crippen LogP contribution >= 0.6 is 11.6 Å². The minimum absolute atomic E-state index is 0.158. The molecular formula is C10H10ClN3O2. The molecule has 5 nitrogen and oxygen atoms in total. The topological polar surface area (TPSA) is 70.9 Å². The standard InChI is InChI=1S/C10H10ClN3O2/c1-2-6-5-9(14-13-6)12-10(15)7-3-4-8(11)16-7/h3-5H,2H2,1H3,(H2,12,13,14,15). The Morgan fingerprint density at radius 3 is 3.00 bits per heavy atom. The molecule has 2 heterocycles. The lowest BCUT2D eigenvalue weighted by molar-refractivity contribution is 0.0996. The molecule has 2 N–H and O–H groups in total. The van der Waals surface area contributed by atoms with Crippen LogP contribution in [0.5, 0.6) is 0 Å². The van der Waals surface area contributed by atoms with Crippen molar-refractivity contribution in [2.45, 2.75) is 13.3 Å². The lowest BCUT2D eigenvalue weighted by Gasteiger charge is -1.96. The van der Waals surface area contributed by atoms with Crippen LogP contribution in [0.25, 0.3) is 0 Å². The first-order valence-corrected chi connectivity index (χ1v) is 5.18. The Morgan fingerprint density at radius 2 is 2.44 bits per heavy atom. The van der Waals surface area contributed by atoms with Crippen LogP contribution in [-0.4, -0.2) is 16.1 Å². The second-order valence-corrected chi connectivity index (χ2v) is 3.56. The van der Waals surface area contributed by atoms with Crippen molar-refractivity contribution in [3.8, 4) is 0 Å².